The van der Waals surface area contributed by atoms with Crippen LogP contribution in [0.5, 0.6) is 5.88 Å². The van der Waals surface area contributed by atoms with Crippen molar-refractivity contribution in [2.24, 2.45) is 17.3 Å². The van der Waals surface area contributed by atoms with Crippen molar-refractivity contribution in [1.29, 1.82) is 0 Å². The van der Waals surface area contributed by atoms with Crippen LogP contribution >= 0.6 is 0 Å². The second kappa shape index (κ2) is 7.35. The van der Waals surface area contributed by atoms with Gasteiger partial charge >= 0.3 is 6.18 Å². The summed E-state index contributed by atoms with van der Waals surface area (Å²) in [6, 6.07) is 1.75. The van der Waals surface area contributed by atoms with Gasteiger partial charge < -0.3 is 9.47 Å². The zero-order valence-electron chi connectivity index (χ0n) is 18.5. The monoisotopic (exact) mass is 442 g/mol. The summed E-state index contributed by atoms with van der Waals surface area (Å²) in [6.45, 7) is 7.65. The standard InChI is InChI=1S/C22H33F3N4O2/c1-14-12-20(2,3)29-18-15(13-31-19(14)29)4-5-16(26-18)28-10-6-17(27-28)30-11-9-21(7-8-21)22(23,24)25/h6,10,14-16,18-19,26H,4-5,7-9,11-13H2,1-3H3/t14-,15?,16?,18?,19?/m0/s1. The van der Waals surface area contributed by atoms with Crippen LogP contribution < -0.4 is 10.1 Å². The Labute approximate surface area is 181 Å². The fraction of sp³-hybridized carbons (Fsp3) is 0.864. The van der Waals surface area contributed by atoms with Gasteiger partial charge in [0.1, 0.15) is 12.4 Å². The molecule has 4 heterocycles. The Morgan fingerprint density at radius 1 is 1.29 bits per heavy atom. The molecule has 1 aliphatic carbocycles. The van der Waals surface area contributed by atoms with E-state index in [2.05, 4.69) is 36.1 Å². The highest BCUT2D eigenvalue weighted by atomic mass is 19.4. The van der Waals surface area contributed by atoms with E-state index < -0.39 is 11.6 Å². The van der Waals surface area contributed by atoms with Gasteiger partial charge in [-0.3, -0.25) is 14.9 Å². The SMILES string of the molecule is C[C@H]1CC(C)(C)N2C3NC(n4ccc(OCCC5(C(F)(F)F)CC5)n4)CCC3COC12. The number of hydrogen-bond donors (Lipinski definition) is 1. The fourth-order valence-corrected chi connectivity index (χ4v) is 6.00. The van der Waals surface area contributed by atoms with E-state index in [4.69, 9.17) is 9.47 Å². The fourth-order valence-electron chi connectivity index (χ4n) is 6.00. The lowest BCUT2D eigenvalue weighted by atomic mass is 9.90. The van der Waals surface area contributed by atoms with Crippen LogP contribution in [-0.2, 0) is 4.74 Å². The summed E-state index contributed by atoms with van der Waals surface area (Å²) in [4.78, 5) is 2.51. The molecule has 1 aromatic rings. The van der Waals surface area contributed by atoms with Crippen LogP contribution in [0.15, 0.2) is 12.3 Å². The Morgan fingerprint density at radius 2 is 2.06 bits per heavy atom. The molecule has 4 aliphatic rings. The number of alkyl halides is 3. The van der Waals surface area contributed by atoms with Gasteiger partial charge in [-0.05, 0) is 58.3 Å². The number of halogens is 3. The number of hydrogen-bond acceptors (Lipinski definition) is 5. The van der Waals surface area contributed by atoms with Gasteiger partial charge in [-0.1, -0.05) is 6.92 Å². The minimum atomic E-state index is -4.14. The molecule has 5 atom stereocenters. The molecule has 6 nitrogen and oxygen atoms in total. The highest BCUT2D eigenvalue weighted by Gasteiger charge is 2.62. The Morgan fingerprint density at radius 3 is 2.77 bits per heavy atom. The van der Waals surface area contributed by atoms with Gasteiger partial charge in [0, 0.05) is 23.7 Å². The molecule has 31 heavy (non-hydrogen) atoms. The van der Waals surface area contributed by atoms with Crippen LogP contribution in [0.3, 0.4) is 0 Å². The van der Waals surface area contributed by atoms with E-state index in [-0.39, 0.29) is 50.0 Å². The zero-order chi connectivity index (χ0) is 22.0. The van der Waals surface area contributed by atoms with Crippen LogP contribution in [0, 0.1) is 17.3 Å². The highest BCUT2D eigenvalue weighted by Crippen LogP contribution is 2.59. The van der Waals surface area contributed by atoms with Gasteiger partial charge in [-0.15, -0.1) is 5.10 Å². The Hall–Kier alpha value is -1.32. The molecule has 0 spiro atoms. The van der Waals surface area contributed by atoms with Gasteiger partial charge in [0.2, 0.25) is 5.88 Å². The van der Waals surface area contributed by atoms with Gasteiger partial charge in [0.05, 0.1) is 24.8 Å². The van der Waals surface area contributed by atoms with E-state index in [0.717, 1.165) is 25.9 Å². The predicted molar refractivity (Wildman–Crippen MR) is 108 cm³/mol. The number of rotatable bonds is 5. The lowest BCUT2D eigenvalue weighted by molar-refractivity contribution is -0.190. The van der Waals surface area contributed by atoms with E-state index in [0.29, 0.717) is 17.7 Å². The molecular weight excluding hydrogens is 409 g/mol. The van der Waals surface area contributed by atoms with Gasteiger partial charge in [-0.2, -0.15) is 13.2 Å². The molecule has 5 rings (SSSR count). The minimum Gasteiger partial charge on any atom is -0.477 e. The molecule has 1 aromatic heterocycles. The maximum atomic E-state index is 13.1. The maximum absolute atomic E-state index is 13.1. The van der Waals surface area contributed by atoms with E-state index in [1.54, 1.807) is 6.07 Å². The van der Waals surface area contributed by atoms with Crippen LogP contribution in [0.25, 0.3) is 0 Å². The van der Waals surface area contributed by atoms with Gasteiger partial charge in [0.25, 0.3) is 0 Å². The van der Waals surface area contributed by atoms with Crippen molar-refractivity contribution in [2.45, 2.75) is 89.6 Å². The summed E-state index contributed by atoms with van der Waals surface area (Å²) in [5.41, 5.74) is -1.47. The zero-order valence-corrected chi connectivity index (χ0v) is 18.5. The molecule has 9 heteroatoms. The van der Waals surface area contributed by atoms with Crippen molar-refractivity contribution in [3.8, 4) is 5.88 Å². The van der Waals surface area contributed by atoms with Crippen molar-refractivity contribution in [3.05, 3.63) is 12.3 Å². The number of nitrogens with one attached hydrogen (secondary N) is 1. The van der Waals surface area contributed by atoms with Crippen molar-refractivity contribution in [1.82, 2.24) is 20.0 Å². The average Bonchev–Trinajstić information content (AvgIpc) is 3.28. The molecule has 174 valence electrons. The Balaban J connectivity index is 1.22. The summed E-state index contributed by atoms with van der Waals surface area (Å²) in [6.07, 6.45) is 1.61. The molecule has 0 amide bonds. The second-order valence-corrected chi connectivity index (χ2v) is 10.6. The summed E-state index contributed by atoms with van der Waals surface area (Å²) in [5.74, 6) is 1.33. The average molecular weight is 443 g/mol. The number of nitrogens with zero attached hydrogens (tertiary/aromatic N) is 3. The predicted octanol–water partition coefficient (Wildman–Crippen LogP) is 4.30. The van der Waals surface area contributed by atoms with Crippen LogP contribution in [-0.4, -0.2) is 52.0 Å². The third-order valence-corrected chi connectivity index (χ3v) is 7.87. The lowest BCUT2D eigenvalue weighted by Gasteiger charge is -2.52. The summed E-state index contributed by atoms with van der Waals surface area (Å²) in [5, 5.41) is 8.30. The minimum absolute atomic E-state index is 0.00158. The Kier molecular flexibility index (Phi) is 5.10. The number of aromatic nitrogens is 2. The first-order valence-electron chi connectivity index (χ1n) is 11.5. The van der Waals surface area contributed by atoms with E-state index >= 15 is 0 Å². The Bertz CT molecular complexity index is 807. The normalized spacial score (nSPS) is 36.6. The van der Waals surface area contributed by atoms with Gasteiger partial charge in [0.15, 0.2) is 0 Å². The van der Waals surface area contributed by atoms with Crippen LogP contribution in [0.1, 0.15) is 65.5 Å². The molecule has 3 aliphatic heterocycles. The molecule has 4 fully saturated rings. The molecule has 0 bridgehead atoms. The quantitative estimate of drug-likeness (QED) is 0.737. The molecule has 1 saturated carbocycles. The number of ether oxygens (including phenoxy) is 2. The molecule has 3 saturated heterocycles. The summed E-state index contributed by atoms with van der Waals surface area (Å²) in [7, 11) is 0. The second-order valence-electron chi connectivity index (χ2n) is 10.6. The third-order valence-electron chi connectivity index (χ3n) is 7.87. The van der Waals surface area contributed by atoms with Crippen LogP contribution in [0.2, 0.25) is 0 Å². The van der Waals surface area contributed by atoms with Crippen molar-refractivity contribution in [3.63, 3.8) is 0 Å². The maximum Gasteiger partial charge on any atom is 0.394 e. The first-order valence-corrected chi connectivity index (χ1v) is 11.5. The summed E-state index contributed by atoms with van der Waals surface area (Å²) >= 11 is 0. The molecule has 0 aromatic carbocycles. The number of fused-ring (bicyclic) bond motifs is 3. The third kappa shape index (κ3) is 3.76. The molecule has 4 unspecified atom stereocenters. The highest BCUT2D eigenvalue weighted by molar-refractivity contribution is 5.08. The smallest absolute Gasteiger partial charge is 0.394 e. The largest absolute Gasteiger partial charge is 0.477 e. The first-order chi connectivity index (χ1) is 14.6. The van der Waals surface area contributed by atoms with Crippen molar-refractivity contribution < 1.29 is 22.6 Å². The topological polar surface area (TPSA) is 51.5 Å². The number of piperidine rings is 1. The van der Waals surface area contributed by atoms with E-state index in [1.807, 2.05) is 10.9 Å². The van der Waals surface area contributed by atoms with E-state index in [1.165, 1.54) is 0 Å². The van der Waals surface area contributed by atoms with Crippen molar-refractivity contribution >= 4 is 0 Å². The first kappa shape index (κ1) is 21.5. The lowest BCUT2D eigenvalue weighted by Crippen LogP contribution is -2.65. The molecule has 1 N–H and O–H groups in total. The molecular formula is C22H33F3N4O2. The molecule has 0 radical (unpaired) electrons. The van der Waals surface area contributed by atoms with Gasteiger partial charge in [-0.25, -0.2) is 0 Å². The van der Waals surface area contributed by atoms with E-state index in [9.17, 15) is 13.2 Å². The summed E-state index contributed by atoms with van der Waals surface area (Å²) < 4.78 is 52.9. The van der Waals surface area contributed by atoms with Crippen LogP contribution in [0.4, 0.5) is 13.2 Å². The van der Waals surface area contributed by atoms with Crippen molar-refractivity contribution in [2.75, 3.05) is 13.2 Å².